The lowest BCUT2D eigenvalue weighted by atomic mass is 10.1. The Morgan fingerprint density at radius 1 is 1.12 bits per heavy atom. The highest BCUT2D eigenvalue weighted by molar-refractivity contribution is 7.98. The van der Waals surface area contributed by atoms with Crippen LogP contribution in [0, 0.1) is 0 Å². The molecule has 4 rings (SSSR count). The fraction of sp³-hybridized carbons (Fsp3) is 0.250. The second-order valence-corrected chi connectivity index (χ2v) is 9.62. The summed E-state index contributed by atoms with van der Waals surface area (Å²) in [6.45, 7) is 2.67. The van der Waals surface area contributed by atoms with E-state index in [2.05, 4.69) is 15.1 Å². The maximum atomic E-state index is 12.7. The van der Waals surface area contributed by atoms with Crippen molar-refractivity contribution in [1.82, 2.24) is 19.7 Å². The minimum absolute atomic E-state index is 0.0224. The van der Waals surface area contributed by atoms with Crippen LogP contribution < -0.4 is 5.14 Å². The van der Waals surface area contributed by atoms with Crippen LogP contribution in [-0.2, 0) is 28.5 Å². The number of nitrogens with two attached hydrogens (primary N) is 1. The minimum Gasteiger partial charge on any atom is -0.338 e. The summed E-state index contributed by atoms with van der Waals surface area (Å²) in [4.78, 5) is 8.76. The Morgan fingerprint density at radius 3 is 2.48 bits per heavy atom. The van der Waals surface area contributed by atoms with Crippen LogP contribution in [0.1, 0.15) is 24.8 Å². The van der Waals surface area contributed by atoms with Gasteiger partial charge in [-0.3, -0.25) is 0 Å². The molecule has 0 bridgehead atoms. The molecule has 0 spiro atoms. The SMILES string of the molecule is CCCn1c(SCc2nc(-c3ccc(C(F)(F)F)cc3)no2)nc2cc(S(N)(=O)=O)ccc21. The average Bonchev–Trinajstić information content (AvgIpc) is 3.36. The monoisotopic (exact) mass is 497 g/mol. The van der Waals surface area contributed by atoms with Crippen LogP contribution in [0.3, 0.4) is 0 Å². The third-order valence-electron chi connectivity index (χ3n) is 4.72. The molecule has 0 aliphatic rings. The molecule has 0 aliphatic heterocycles. The number of fused-ring (bicyclic) bond motifs is 1. The number of rotatable bonds is 7. The number of primary sulfonamides is 1. The van der Waals surface area contributed by atoms with Crippen LogP contribution in [0.2, 0.25) is 0 Å². The van der Waals surface area contributed by atoms with Gasteiger partial charge in [-0.25, -0.2) is 18.5 Å². The first-order valence-corrected chi connectivity index (χ1v) is 12.3. The second kappa shape index (κ2) is 8.80. The van der Waals surface area contributed by atoms with E-state index in [1.165, 1.54) is 36.0 Å². The Balaban J connectivity index is 1.55. The highest BCUT2D eigenvalue weighted by Crippen LogP contribution is 2.31. The van der Waals surface area contributed by atoms with Crippen LogP contribution in [0.25, 0.3) is 22.4 Å². The number of hydrogen-bond donors (Lipinski definition) is 1. The summed E-state index contributed by atoms with van der Waals surface area (Å²) in [5, 5.41) is 9.69. The van der Waals surface area contributed by atoms with E-state index < -0.39 is 21.8 Å². The van der Waals surface area contributed by atoms with Crippen LogP contribution >= 0.6 is 11.8 Å². The van der Waals surface area contributed by atoms with E-state index in [9.17, 15) is 21.6 Å². The average molecular weight is 498 g/mol. The van der Waals surface area contributed by atoms with E-state index in [1.54, 1.807) is 6.07 Å². The van der Waals surface area contributed by atoms with Gasteiger partial charge in [0.05, 0.1) is 27.2 Å². The number of nitrogens with zero attached hydrogens (tertiary/aromatic N) is 4. The fourth-order valence-corrected chi connectivity index (χ4v) is 4.59. The molecule has 0 amide bonds. The quantitative estimate of drug-likeness (QED) is 0.375. The zero-order valence-corrected chi connectivity index (χ0v) is 18.8. The van der Waals surface area contributed by atoms with Crippen molar-refractivity contribution in [1.29, 1.82) is 0 Å². The number of halogens is 3. The van der Waals surface area contributed by atoms with Crippen LogP contribution in [0.15, 0.2) is 57.0 Å². The van der Waals surface area contributed by atoms with E-state index in [1.807, 2.05) is 11.5 Å². The van der Waals surface area contributed by atoms with E-state index in [0.717, 1.165) is 24.1 Å². The Labute approximate surface area is 191 Å². The topological polar surface area (TPSA) is 117 Å². The molecule has 2 heterocycles. The van der Waals surface area contributed by atoms with Crippen molar-refractivity contribution < 1.29 is 26.1 Å². The molecule has 2 aromatic heterocycles. The molecule has 2 aromatic carbocycles. The van der Waals surface area contributed by atoms with Crippen LogP contribution in [-0.4, -0.2) is 28.1 Å². The van der Waals surface area contributed by atoms with Crippen LogP contribution in [0.5, 0.6) is 0 Å². The smallest absolute Gasteiger partial charge is 0.338 e. The van der Waals surface area contributed by atoms with Gasteiger partial charge in [0.15, 0.2) is 5.16 Å². The van der Waals surface area contributed by atoms with Gasteiger partial charge in [-0.05, 0) is 36.8 Å². The van der Waals surface area contributed by atoms with Gasteiger partial charge >= 0.3 is 6.18 Å². The Morgan fingerprint density at radius 2 is 1.85 bits per heavy atom. The van der Waals surface area contributed by atoms with Gasteiger partial charge in [-0.1, -0.05) is 36.0 Å². The molecule has 13 heteroatoms. The largest absolute Gasteiger partial charge is 0.416 e. The molecule has 174 valence electrons. The maximum absolute atomic E-state index is 12.7. The number of aryl methyl sites for hydroxylation is 1. The molecular formula is C20H18F3N5O3S2. The summed E-state index contributed by atoms with van der Waals surface area (Å²) in [6, 6.07) is 9.02. The normalized spacial score (nSPS) is 12.5. The molecule has 0 saturated carbocycles. The summed E-state index contributed by atoms with van der Waals surface area (Å²) in [7, 11) is -3.85. The van der Waals surface area contributed by atoms with Crippen molar-refractivity contribution in [2.45, 2.75) is 41.9 Å². The zero-order valence-electron chi connectivity index (χ0n) is 17.2. The van der Waals surface area contributed by atoms with E-state index in [4.69, 9.17) is 9.66 Å². The Kier molecular flexibility index (Phi) is 6.20. The number of aromatic nitrogens is 4. The molecule has 0 saturated heterocycles. The predicted molar refractivity (Wildman–Crippen MR) is 116 cm³/mol. The van der Waals surface area contributed by atoms with Gasteiger partial charge in [-0.2, -0.15) is 18.2 Å². The van der Waals surface area contributed by atoms with E-state index in [0.29, 0.717) is 22.8 Å². The third kappa shape index (κ3) is 5.04. The number of alkyl halides is 3. The molecule has 0 atom stereocenters. The lowest BCUT2D eigenvalue weighted by Gasteiger charge is -2.06. The molecule has 33 heavy (non-hydrogen) atoms. The van der Waals surface area contributed by atoms with Gasteiger partial charge in [-0.15, -0.1) is 0 Å². The Hall–Kier alpha value is -2.90. The number of thioether (sulfide) groups is 1. The first-order chi connectivity index (χ1) is 15.6. The summed E-state index contributed by atoms with van der Waals surface area (Å²) in [5.41, 5.74) is 0.902. The van der Waals surface area contributed by atoms with E-state index in [-0.39, 0.29) is 22.4 Å². The number of benzene rings is 2. The van der Waals surface area contributed by atoms with Crippen molar-refractivity contribution >= 4 is 32.8 Å². The fourth-order valence-electron chi connectivity index (χ4n) is 3.18. The highest BCUT2D eigenvalue weighted by atomic mass is 32.2. The summed E-state index contributed by atoms with van der Waals surface area (Å²) >= 11 is 1.32. The molecule has 2 N–H and O–H groups in total. The highest BCUT2D eigenvalue weighted by Gasteiger charge is 2.30. The Bertz CT molecular complexity index is 1400. The van der Waals surface area contributed by atoms with Gasteiger partial charge < -0.3 is 9.09 Å². The molecule has 0 aliphatic carbocycles. The lowest BCUT2D eigenvalue weighted by Crippen LogP contribution is -2.11. The van der Waals surface area contributed by atoms with Crippen molar-refractivity contribution in [3.05, 3.63) is 53.9 Å². The molecular weight excluding hydrogens is 479 g/mol. The second-order valence-electron chi connectivity index (χ2n) is 7.12. The van der Waals surface area contributed by atoms with Gasteiger partial charge in [0, 0.05) is 12.1 Å². The molecule has 0 fully saturated rings. The molecule has 0 unspecified atom stereocenters. The lowest BCUT2D eigenvalue weighted by molar-refractivity contribution is -0.137. The number of sulfonamides is 1. The van der Waals surface area contributed by atoms with Crippen molar-refractivity contribution in [2.24, 2.45) is 5.14 Å². The number of hydrogen-bond acceptors (Lipinski definition) is 7. The van der Waals surface area contributed by atoms with E-state index >= 15 is 0 Å². The summed E-state index contributed by atoms with van der Waals surface area (Å²) in [5.74, 6) is 0.720. The molecule has 4 aromatic rings. The predicted octanol–water partition coefficient (Wildman–Crippen LogP) is 4.45. The van der Waals surface area contributed by atoms with Gasteiger partial charge in [0.1, 0.15) is 0 Å². The van der Waals surface area contributed by atoms with Crippen LogP contribution in [0.4, 0.5) is 13.2 Å². The third-order valence-corrected chi connectivity index (χ3v) is 6.60. The maximum Gasteiger partial charge on any atom is 0.416 e. The first-order valence-electron chi connectivity index (χ1n) is 9.72. The summed E-state index contributed by atoms with van der Waals surface area (Å²) in [6.07, 6.45) is -3.59. The first kappa shape index (κ1) is 23.3. The number of imidazole rings is 1. The van der Waals surface area contributed by atoms with Gasteiger partial charge in [0.25, 0.3) is 0 Å². The molecule has 0 radical (unpaired) electrons. The molecule has 8 nitrogen and oxygen atoms in total. The van der Waals surface area contributed by atoms with Crippen molar-refractivity contribution in [3.63, 3.8) is 0 Å². The zero-order chi connectivity index (χ0) is 23.8. The van der Waals surface area contributed by atoms with Crippen molar-refractivity contribution in [2.75, 3.05) is 0 Å². The minimum atomic E-state index is -4.42. The van der Waals surface area contributed by atoms with Gasteiger partial charge in [0.2, 0.25) is 21.7 Å². The standard InChI is InChI=1S/C20H18F3N5O3S2/c1-2-9-28-16-8-7-14(33(24,29)30)10-15(16)25-19(28)32-11-17-26-18(27-31-17)12-3-5-13(6-4-12)20(21,22)23/h3-8,10H,2,9,11H2,1H3,(H2,24,29,30). The summed E-state index contributed by atoms with van der Waals surface area (Å²) < 4.78 is 68.7. The van der Waals surface area contributed by atoms with Crippen molar-refractivity contribution in [3.8, 4) is 11.4 Å².